The lowest BCUT2D eigenvalue weighted by Gasteiger charge is -2.12. The monoisotopic (exact) mass is 669 g/mol. The third-order valence-electron chi connectivity index (χ3n) is 9.16. The van der Waals surface area contributed by atoms with Crippen LogP contribution in [0.1, 0.15) is 26.0 Å². The number of hydrogen-bond acceptors (Lipinski definition) is 1. The predicted octanol–water partition coefficient (Wildman–Crippen LogP) is 13.1. The van der Waals surface area contributed by atoms with E-state index in [9.17, 15) is 8.22 Å². The molecule has 0 bridgehead atoms. The first-order valence-electron chi connectivity index (χ1n) is 25.4. The Hall–Kier alpha value is -6.84. The minimum atomic E-state index is -0.715. The Balaban J connectivity index is 1.37. The molecule has 0 fully saturated rings. The molecule has 51 heavy (non-hydrogen) atoms. The fourth-order valence-electron chi connectivity index (χ4n) is 7.06. The number of fused-ring (bicyclic) bond motifs is 9. The highest BCUT2D eigenvalue weighted by molar-refractivity contribution is 6.20. The fraction of sp³-hybridized carbons (Fsp3) is 0. The van der Waals surface area contributed by atoms with Crippen molar-refractivity contribution in [3.63, 3.8) is 0 Å². The molecule has 238 valence electrons. The molecule has 0 atom stereocenters. The van der Waals surface area contributed by atoms with E-state index in [1.54, 1.807) is 30.3 Å². The largest absolute Gasteiger partial charge is 0.456 e. The molecule has 3 aromatic heterocycles. The van der Waals surface area contributed by atoms with Gasteiger partial charge in [-0.05, 0) is 82.8 Å². The SMILES string of the molecule is [2H]c1cccc(-c2c([2H])c([2H])c([2H])c3oc4c([2H])c([2H])c([2H])c(-n5c6cc([2H])c([2H])c([2H])c6c6cc(-c7c([2H])c([2H])c([2H])c8c7c7cc([2H])c([2H])c([2H])c7n8-c7ccccc7)c([2H])c([2H])c65)c4c23)c1[2H]. The van der Waals surface area contributed by atoms with Gasteiger partial charge in [0.2, 0.25) is 0 Å². The van der Waals surface area contributed by atoms with Gasteiger partial charge in [0, 0.05) is 32.6 Å². The van der Waals surface area contributed by atoms with Crippen molar-refractivity contribution in [2.24, 2.45) is 0 Å². The van der Waals surface area contributed by atoms with Gasteiger partial charge in [-0.25, -0.2) is 0 Å². The van der Waals surface area contributed by atoms with Crippen molar-refractivity contribution >= 4 is 65.6 Å². The molecular formula is C48H30N2O. The summed E-state index contributed by atoms with van der Waals surface area (Å²) in [6, 6.07) is 6.58. The van der Waals surface area contributed by atoms with Crippen LogP contribution in [-0.4, -0.2) is 9.13 Å². The second kappa shape index (κ2) is 10.8. The molecule has 8 aromatic carbocycles. The molecule has 0 saturated carbocycles. The summed E-state index contributed by atoms with van der Waals surface area (Å²) in [5.74, 6) is 0. The van der Waals surface area contributed by atoms with Gasteiger partial charge in [-0.3, -0.25) is 0 Å². The van der Waals surface area contributed by atoms with Crippen molar-refractivity contribution in [3.05, 3.63) is 182 Å². The molecule has 3 heteroatoms. The summed E-state index contributed by atoms with van der Waals surface area (Å²) in [5, 5.41) is -0.307. The topological polar surface area (TPSA) is 23.0 Å². The summed E-state index contributed by atoms with van der Waals surface area (Å²) >= 11 is 0. The van der Waals surface area contributed by atoms with Crippen molar-refractivity contribution in [2.45, 2.75) is 0 Å². The normalized spacial score (nSPS) is 17.1. The zero-order chi connectivity index (χ0) is 50.0. The first-order valence-corrected chi connectivity index (χ1v) is 15.9. The smallest absolute Gasteiger partial charge is 0.137 e. The van der Waals surface area contributed by atoms with E-state index in [4.69, 9.17) is 22.2 Å². The summed E-state index contributed by atoms with van der Waals surface area (Å²) in [4.78, 5) is 0. The lowest BCUT2D eigenvalue weighted by Crippen LogP contribution is -1.95. The Bertz CT molecular complexity index is 4230. The number of hydrogen-bond donors (Lipinski definition) is 0. The van der Waals surface area contributed by atoms with E-state index in [1.807, 2.05) is 0 Å². The maximum Gasteiger partial charge on any atom is 0.137 e. The molecule has 11 rings (SSSR count). The van der Waals surface area contributed by atoms with Crippen LogP contribution in [0.3, 0.4) is 0 Å². The molecule has 3 heterocycles. The van der Waals surface area contributed by atoms with Gasteiger partial charge in [0.25, 0.3) is 0 Å². The van der Waals surface area contributed by atoms with Gasteiger partial charge in [0.05, 0.1) is 59.2 Å². The third kappa shape index (κ3) is 4.06. The highest BCUT2D eigenvalue weighted by Crippen LogP contribution is 2.44. The molecule has 0 aliphatic rings. The van der Waals surface area contributed by atoms with Crippen LogP contribution in [0.5, 0.6) is 0 Å². The second-order valence-corrected chi connectivity index (χ2v) is 11.8. The zero-order valence-electron chi connectivity index (χ0n) is 45.2. The van der Waals surface area contributed by atoms with Gasteiger partial charge in [-0.1, -0.05) is 121 Å². The van der Waals surface area contributed by atoms with Crippen molar-refractivity contribution in [3.8, 4) is 33.6 Å². The summed E-state index contributed by atoms with van der Waals surface area (Å²) < 4.78 is 181. The highest BCUT2D eigenvalue weighted by atomic mass is 16.3. The van der Waals surface area contributed by atoms with Crippen LogP contribution in [0.2, 0.25) is 0 Å². The molecule has 0 saturated heterocycles. The Morgan fingerprint density at radius 2 is 1.16 bits per heavy atom. The Morgan fingerprint density at radius 3 is 2.08 bits per heavy atom. The van der Waals surface area contributed by atoms with Crippen LogP contribution in [-0.2, 0) is 0 Å². The van der Waals surface area contributed by atoms with Crippen molar-refractivity contribution in [1.82, 2.24) is 9.13 Å². The quantitative estimate of drug-likeness (QED) is 0.183. The average Bonchev–Trinajstić information content (AvgIpc) is 4.00. The first-order chi connectivity index (χ1) is 33.2. The Labute approximate surface area is 320 Å². The maximum atomic E-state index is 9.88. The summed E-state index contributed by atoms with van der Waals surface area (Å²) in [5.41, 5.74) is -1.48. The van der Waals surface area contributed by atoms with Crippen LogP contribution in [0, 0.1) is 0 Å². The van der Waals surface area contributed by atoms with Crippen molar-refractivity contribution in [2.75, 3.05) is 0 Å². The Morgan fingerprint density at radius 1 is 0.412 bits per heavy atom. The number of aromatic nitrogens is 2. The standard InChI is InChI=1S/C48H30N2O/c1-3-14-31(15-4-1)34-21-12-26-44-47(34)48-43(25-13-27-45(48)51-44)50-39-22-9-7-18-36(39)38-30-32(28-29-41(38)50)35-20-11-24-42-46(35)37-19-8-10-23-40(37)49(42)33-16-5-2-6-17-33/h1-30H/i3D,7D,8D,9D,10D,11D,12D,13D,14D,18D,20D,21D,23D,24D,25D,26D,27D,28D,29D. The maximum absolute atomic E-state index is 9.88. The van der Waals surface area contributed by atoms with E-state index in [2.05, 4.69) is 0 Å². The second-order valence-electron chi connectivity index (χ2n) is 11.8. The van der Waals surface area contributed by atoms with Gasteiger partial charge in [-0.2, -0.15) is 0 Å². The van der Waals surface area contributed by atoms with Crippen molar-refractivity contribution < 1.29 is 30.5 Å². The highest BCUT2D eigenvalue weighted by Gasteiger charge is 2.21. The van der Waals surface area contributed by atoms with Gasteiger partial charge < -0.3 is 13.6 Å². The minimum absolute atomic E-state index is 0.00474. The van der Waals surface area contributed by atoms with Crippen LogP contribution in [0.15, 0.2) is 186 Å². The molecule has 0 unspecified atom stereocenters. The molecule has 11 aromatic rings. The molecule has 0 N–H and O–H groups in total. The molecule has 0 amide bonds. The Kier molecular flexibility index (Phi) is 3.26. The van der Waals surface area contributed by atoms with Gasteiger partial charge in [-0.15, -0.1) is 0 Å². The lowest BCUT2D eigenvalue weighted by molar-refractivity contribution is 0.669. The first kappa shape index (κ1) is 15.4. The van der Waals surface area contributed by atoms with E-state index < -0.39 is 96.2 Å². The van der Waals surface area contributed by atoms with Crippen LogP contribution in [0.4, 0.5) is 0 Å². The van der Waals surface area contributed by atoms with E-state index in [0.29, 0.717) is 5.69 Å². The van der Waals surface area contributed by atoms with Crippen molar-refractivity contribution in [1.29, 1.82) is 0 Å². The summed E-state index contributed by atoms with van der Waals surface area (Å²) in [6.45, 7) is 0. The molecule has 3 nitrogen and oxygen atoms in total. The van der Waals surface area contributed by atoms with Crippen LogP contribution in [0.25, 0.3) is 99.2 Å². The number of rotatable bonds is 4. The molecule has 0 aliphatic heterocycles. The average molecular weight is 670 g/mol. The van der Waals surface area contributed by atoms with Crippen LogP contribution >= 0.6 is 0 Å². The summed E-state index contributed by atoms with van der Waals surface area (Å²) in [7, 11) is 0. The van der Waals surface area contributed by atoms with E-state index in [1.165, 1.54) is 45.5 Å². The minimum Gasteiger partial charge on any atom is -0.456 e. The fourth-order valence-corrected chi connectivity index (χ4v) is 7.06. The molecule has 0 aliphatic carbocycles. The van der Waals surface area contributed by atoms with E-state index >= 15 is 0 Å². The number of nitrogens with zero attached hydrogens (tertiary/aromatic N) is 2. The third-order valence-corrected chi connectivity index (χ3v) is 9.16. The van der Waals surface area contributed by atoms with Crippen LogP contribution < -0.4 is 0 Å². The lowest BCUT2D eigenvalue weighted by atomic mass is 9.97. The van der Waals surface area contributed by atoms with Gasteiger partial charge in [0.15, 0.2) is 0 Å². The van der Waals surface area contributed by atoms with E-state index in [-0.39, 0.29) is 112 Å². The molecule has 0 radical (unpaired) electrons. The molecule has 0 spiro atoms. The number of furan rings is 1. The zero-order valence-corrected chi connectivity index (χ0v) is 26.2. The number of para-hydroxylation sites is 3. The predicted molar refractivity (Wildman–Crippen MR) is 213 cm³/mol. The summed E-state index contributed by atoms with van der Waals surface area (Å²) in [6.07, 6.45) is 0. The van der Waals surface area contributed by atoms with E-state index in [0.717, 1.165) is 0 Å². The molecular weight excluding hydrogens is 621 g/mol. The number of benzene rings is 8. The van der Waals surface area contributed by atoms with Gasteiger partial charge >= 0.3 is 0 Å². The van der Waals surface area contributed by atoms with Gasteiger partial charge in [0.1, 0.15) is 11.2 Å².